The van der Waals surface area contributed by atoms with Gasteiger partial charge in [0.2, 0.25) is 0 Å². The van der Waals surface area contributed by atoms with Crippen molar-refractivity contribution in [2.45, 2.75) is 12.8 Å². The molecule has 0 atom stereocenters. The van der Waals surface area contributed by atoms with Gasteiger partial charge in [-0.25, -0.2) is 0 Å². The molecule has 0 amide bonds. The summed E-state index contributed by atoms with van der Waals surface area (Å²) in [5.74, 6) is 0. The molecule has 1 aliphatic rings. The lowest BCUT2D eigenvalue weighted by molar-refractivity contribution is 0.949. The Morgan fingerprint density at radius 2 is 2.17 bits per heavy atom. The highest BCUT2D eigenvalue weighted by atomic mass is 35.5. The minimum absolute atomic E-state index is 0.144. The van der Waals surface area contributed by atoms with Crippen LogP contribution >= 0.6 is 23.8 Å². The third-order valence-electron chi connectivity index (χ3n) is 2.81. The first kappa shape index (κ1) is 13.1. The van der Waals surface area contributed by atoms with Crippen LogP contribution in [-0.2, 0) is 0 Å². The van der Waals surface area contributed by atoms with Crippen molar-refractivity contribution in [3.8, 4) is 0 Å². The Labute approximate surface area is 117 Å². The number of anilines is 1. The molecular formula is C12H15ClN4S. The zero-order valence-electron chi connectivity index (χ0n) is 9.90. The van der Waals surface area contributed by atoms with Crippen molar-refractivity contribution in [3.63, 3.8) is 0 Å². The van der Waals surface area contributed by atoms with E-state index in [2.05, 4.69) is 27.6 Å². The van der Waals surface area contributed by atoms with Crippen LogP contribution in [0.15, 0.2) is 23.3 Å². The molecule has 2 rings (SSSR count). The zero-order chi connectivity index (χ0) is 13.0. The van der Waals surface area contributed by atoms with Crippen LogP contribution in [0, 0.1) is 0 Å². The van der Waals surface area contributed by atoms with Crippen LogP contribution in [0.5, 0.6) is 0 Å². The molecule has 1 heterocycles. The van der Waals surface area contributed by atoms with Crippen LogP contribution in [0.4, 0.5) is 5.69 Å². The maximum atomic E-state index is 6.28. The van der Waals surface area contributed by atoms with Crippen LogP contribution < -0.4 is 16.1 Å². The van der Waals surface area contributed by atoms with E-state index in [1.165, 1.54) is 12.8 Å². The molecule has 96 valence electrons. The van der Waals surface area contributed by atoms with Crippen molar-refractivity contribution in [3.05, 3.63) is 28.8 Å². The van der Waals surface area contributed by atoms with E-state index in [0.717, 1.165) is 29.4 Å². The molecule has 1 fully saturated rings. The molecule has 0 spiro atoms. The molecule has 0 radical (unpaired) electrons. The van der Waals surface area contributed by atoms with Gasteiger partial charge in [0.05, 0.1) is 16.9 Å². The number of thiocarbonyl (C=S) groups is 1. The van der Waals surface area contributed by atoms with Crippen LogP contribution in [-0.4, -0.2) is 24.4 Å². The molecule has 1 aromatic carbocycles. The van der Waals surface area contributed by atoms with Crippen LogP contribution in [0.25, 0.3) is 0 Å². The summed E-state index contributed by atoms with van der Waals surface area (Å²) < 4.78 is 0. The van der Waals surface area contributed by atoms with Gasteiger partial charge in [0.1, 0.15) is 0 Å². The molecule has 6 heteroatoms. The number of hydrazone groups is 1. The summed E-state index contributed by atoms with van der Waals surface area (Å²) in [5.41, 5.74) is 9.78. The van der Waals surface area contributed by atoms with Crippen molar-refractivity contribution in [1.29, 1.82) is 0 Å². The highest BCUT2D eigenvalue weighted by Crippen LogP contribution is 2.29. The number of nitrogens with zero attached hydrogens (tertiary/aromatic N) is 2. The number of benzene rings is 1. The molecule has 1 aliphatic heterocycles. The fraction of sp³-hybridized carbons (Fsp3) is 0.333. The lowest BCUT2D eigenvalue weighted by Crippen LogP contribution is -2.24. The minimum Gasteiger partial charge on any atom is -0.375 e. The Morgan fingerprint density at radius 3 is 2.78 bits per heavy atom. The quantitative estimate of drug-likeness (QED) is 0.506. The van der Waals surface area contributed by atoms with Gasteiger partial charge in [-0.1, -0.05) is 17.7 Å². The highest BCUT2D eigenvalue weighted by Gasteiger charge is 2.14. The van der Waals surface area contributed by atoms with E-state index in [0.29, 0.717) is 0 Å². The predicted molar refractivity (Wildman–Crippen MR) is 80.4 cm³/mol. The normalized spacial score (nSPS) is 15.3. The smallest absolute Gasteiger partial charge is 0.184 e. The van der Waals surface area contributed by atoms with Gasteiger partial charge in [-0.05, 0) is 42.8 Å². The van der Waals surface area contributed by atoms with E-state index in [9.17, 15) is 0 Å². The topological polar surface area (TPSA) is 53.6 Å². The standard InChI is InChI=1S/C12H15ClN4S/c13-10-7-9(8-15-16-12(14)18)3-4-11(10)17-5-1-2-6-17/h3-4,7-8H,1-2,5-6H2,(H3,14,16,18). The SMILES string of the molecule is NC(=S)NN=Cc1ccc(N2CCCC2)c(Cl)c1. The third-order valence-corrected chi connectivity index (χ3v) is 3.20. The monoisotopic (exact) mass is 282 g/mol. The van der Waals surface area contributed by atoms with Crippen molar-refractivity contribution >= 4 is 40.8 Å². The van der Waals surface area contributed by atoms with E-state index < -0.39 is 0 Å². The van der Waals surface area contributed by atoms with Crippen LogP contribution in [0.1, 0.15) is 18.4 Å². The first-order valence-electron chi connectivity index (χ1n) is 5.80. The van der Waals surface area contributed by atoms with E-state index in [-0.39, 0.29) is 5.11 Å². The van der Waals surface area contributed by atoms with Gasteiger partial charge in [-0.15, -0.1) is 0 Å². The van der Waals surface area contributed by atoms with Crippen molar-refractivity contribution in [1.82, 2.24) is 5.43 Å². The number of halogens is 1. The van der Waals surface area contributed by atoms with E-state index in [4.69, 9.17) is 17.3 Å². The minimum atomic E-state index is 0.144. The first-order chi connectivity index (χ1) is 8.66. The lowest BCUT2D eigenvalue weighted by Gasteiger charge is -2.19. The number of hydrogen-bond donors (Lipinski definition) is 2. The molecule has 18 heavy (non-hydrogen) atoms. The van der Waals surface area contributed by atoms with Crippen molar-refractivity contribution in [2.75, 3.05) is 18.0 Å². The van der Waals surface area contributed by atoms with Crippen molar-refractivity contribution < 1.29 is 0 Å². The maximum absolute atomic E-state index is 6.28. The summed E-state index contributed by atoms with van der Waals surface area (Å²) in [4.78, 5) is 2.30. The summed E-state index contributed by atoms with van der Waals surface area (Å²) in [6.45, 7) is 2.16. The summed E-state index contributed by atoms with van der Waals surface area (Å²) in [6.07, 6.45) is 4.10. The second-order valence-electron chi connectivity index (χ2n) is 4.14. The fourth-order valence-corrected chi connectivity index (χ4v) is 2.35. The second-order valence-corrected chi connectivity index (χ2v) is 4.99. The molecule has 0 saturated carbocycles. The third kappa shape index (κ3) is 3.34. The van der Waals surface area contributed by atoms with Gasteiger partial charge in [0, 0.05) is 13.1 Å². The highest BCUT2D eigenvalue weighted by molar-refractivity contribution is 7.80. The Kier molecular flexibility index (Phi) is 4.38. The average molecular weight is 283 g/mol. The van der Waals surface area contributed by atoms with Gasteiger partial charge < -0.3 is 10.6 Å². The van der Waals surface area contributed by atoms with Gasteiger partial charge in [0.15, 0.2) is 5.11 Å². The van der Waals surface area contributed by atoms with Crippen molar-refractivity contribution in [2.24, 2.45) is 10.8 Å². The molecule has 1 aromatic rings. The molecule has 0 bridgehead atoms. The van der Waals surface area contributed by atoms with Crippen LogP contribution in [0.2, 0.25) is 5.02 Å². The summed E-state index contributed by atoms with van der Waals surface area (Å²) >= 11 is 10.9. The van der Waals surface area contributed by atoms with Gasteiger partial charge in [0.25, 0.3) is 0 Å². The van der Waals surface area contributed by atoms with E-state index in [1.807, 2.05) is 18.2 Å². The first-order valence-corrected chi connectivity index (χ1v) is 6.58. The summed E-state index contributed by atoms with van der Waals surface area (Å²) in [7, 11) is 0. The summed E-state index contributed by atoms with van der Waals surface area (Å²) in [6, 6.07) is 5.89. The lowest BCUT2D eigenvalue weighted by atomic mass is 10.2. The molecule has 4 nitrogen and oxygen atoms in total. The maximum Gasteiger partial charge on any atom is 0.184 e. The van der Waals surface area contributed by atoms with Gasteiger partial charge in [-0.2, -0.15) is 5.10 Å². The largest absolute Gasteiger partial charge is 0.375 e. The Morgan fingerprint density at radius 1 is 1.44 bits per heavy atom. The molecule has 0 unspecified atom stereocenters. The Hall–Kier alpha value is -1.33. The molecule has 1 saturated heterocycles. The Balaban J connectivity index is 2.09. The second kappa shape index (κ2) is 6.02. The average Bonchev–Trinajstić information content (AvgIpc) is 2.82. The number of nitrogens with one attached hydrogen (secondary N) is 1. The number of rotatable bonds is 3. The molecule has 0 aromatic heterocycles. The number of hydrogen-bond acceptors (Lipinski definition) is 3. The van der Waals surface area contributed by atoms with E-state index >= 15 is 0 Å². The van der Waals surface area contributed by atoms with Gasteiger partial charge in [-0.3, -0.25) is 5.43 Å². The number of nitrogens with two attached hydrogens (primary N) is 1. The Bertz CT molecular complexity index is 469. The van der Waals surface area contributed by atoms with Crippen LogP contribution in [0.3, 0.4) is 0 Å². The zero-order valence-corrected chi connectivity index (χ0v) is 11.5. The van der Waals surface area contributed by atoms with Gasteiger partial charge >= 0.3 is 0 Å². The predicted octanol–water partition coefficient (Wildman–Crippen LogP) is 2.11. The molecular weight excluding hydrogens is 268 g/mol. The fourth-order valence-electron chi connectivity index (χ4n) is 1.99. The molecule has 0 aliphatic carbocycles. The molecule has 3 N–H and O–H groups in total. The van der Waals surface area contributed by atoms with E-state index in [1.54, 1.807) is 6.21 Å². The summed E-state index contributed by atoms with van der Waals surface area (Å²) in [5, 5.41) is 4.79.